The van der Waals surface area contributed by atoms with Crippen molar-refractivity contribution in [2.24, 2.45) is 5.73 Å². The molecule has 0 fully saturated rings. The zero-order valence-electron chi connectivity index (χ0n) is 17.2. The average Bonchev–Trinajstić information content (AvgIpc) is 3.16. The Morgan fingerprint density at radius 1 is 0.935 bits per heavy atom. The Morgan fingerprint density at radius 2 is 1.58 bits per heavy atom. The molecule has 0 radical (unpaired) electrons. The maximum absolute atomic E-state index is 13.0. The molecule has 0 saturated carbocycles. The van der Waals surface area contributed by atoms with Crippen LogP contribution in [-0.4, -0.2) is 46.0 Å². The minimum atomic E-state index is -1.15. The number of amides is 2. The van der Waals surface area contributed by atoms with Crippen LogP contribution in [0.5, 0.6) is 0 Å². The first-order valence-corrected chi connectivity index (χ1v) is 10.0. The predicted octanol–water partition coefficient (Wildman–Crippen LogP) is 1.35. The molecular weight excluding hydrogens is 396 g/mol. The van der Waals surface area contributed by atoms with Crippen LogP contribution >= 0.6 is 0 Å². The summed E-state index contributed by atoms with van der Waals surface area (Å²) in [6, 6.07) is 13.7. The lowest BCUT2D eigenvalue weighted by Gasteiger charge is -2.22. The van der Waals surface area contributed by atoms with E-state index in [0.717, 1.165) is 22.0 Å². The van der Waals surface area contributed by atoms with Crippen molar-refractivity contribution in [2.45, 2.75) is 37.9 Å². The van der Waals surface area contributed by atoms with E-state index >= 15 is 0 Å². The summed E-state index contributed by atoms with van der Waals surface area (Å²) in [4.78, 5) is 40.1. The molecular formula is C23H26N4O4. The van der Waals surface area contributed by atoms with E-state index in [4.69, 9.17) is 5.73 Å². The first-order chi connectivity index (χ1) is 14.8. The quantitative estimate of drug-likeness (QED) is 0.354. The number of carboxylic acid groups (broad SMARTS) is 1. The lowest BCUT2D eigenvalue weighted by molar-refractivity contribution is -0.142. The highest BCUT2D eigenvalue weighted by molar-refractivity contribution is 5.92. The van der Waals surface area contributed by atoms with Crippen LogP contribution in [0.15, 0.2) is 60.8 Å². The minimum absolute atomic E-state index is 0.128. The smallest absolute Gasteiger partial charge is 0.326 e. The number of benzene rings is 2. The third-order valence-electron chi connectivity index (χ3n) is 5.04. The van der Waals surface area contributed by atoms with Crippen molar-refractivity contribution in [1.82, 2.24) is 15.6 Å². The number of nitrogens with two attached hydrogens (primary N) is 1. The molecule has 3 aromatic rings. The van der Waals surface area contributed by atoms with Gasteiger partial charge in [-0.1, -0.05) is 48.5 Å². The van der Waals surface area contributed by atoms with Crippen molar-refractivity contribution in [1.29, 1.82) is 0 Å². The Labute approximate surface area is 179 Å². The normalized spacial score (nSPS) is 13.9. The summed E-state index contributed by atoms with van der Waals surface area (Å²) in [5, 5.41) is 15.7. The third kappa shape index (κ3) is 5.70. The monoisotopic (exact) mass is 422 g/mol. The number of hydrogen-bond acceptors (Lipinski definition) is 4. The number of aromatic amines is 1. The van der Waals surface area contributed by atoms with Gasteiger partial charge in [-0.05, 0) is 24.1 Å². The van der Waals surface area contributed by atoms with Gasteiger partial charge in [0.05, 0.1) is 6.04 Å². The molecule has 8 heteroatoms. The molecule has 0 saturated heterocycles. The topological polar surface area (TPSA) is 137 Å². The van der Waals surface area contributed by atoms with Crippen molar-refractivity contribution in [3.05, 3.63) is 71.9 Å². The number of nitrogens with one attached hydrogen (secondary N) is 3. The van der Waals surface area contributed by atoms with Gasteiger partial charge in [-0.3, -0.25) is 9.59 Å². The molecule has 3 atom stereocenters. The molecule has 0 bridgehead atoms. The van der Waals surface area contributed by atoms with Crippen LogP contribution in [-0.2, 0) is 27.2 Å². The Hall–Kier alpha value is -3.65. The van der Waals surface area contributed by atoms with E-state index in [9.17, 15) is 19.5 Å². The van der Waals surface area contributed by atoms with Crippen LogP contribution in [0.1, 0.15) is 18.1 Å². The Balaban J connectivity index is 1.80. The fraction of sp³-hybridized carbons (Fsp3) is 0.261. The lowest BCUT2D eigenvalue weighted by Crippen LogP contribution is -2.55. The van der Waals surface area contributed by atoms with Crippen molar-refractivity contribution >= 4 is 28.7 Å². The van der Waals surface area contributed by atoms with Gasteiger partial charge >= 0.3 is 5.97 Å². The van der Waals surface area contributed by atoms with Gasteiger partial charge in [-0.2, -0.15) is 0 Å². The van der Waals surface area contributed by atoms with Crippen molar-refractivity contribution in [2.75, 3.05) is 0 Å². The summed E-state index contributed by atoms with van der Waals surface area (Å²) in [6.45, 7) is 1.52. The van der Waals surface area contributed by atoms with E-state index < -0.39 is 35.9 Å². The number of carbonyl (C=O) groups is 3. The molecule has 1 aromatic heterocycles. The fourth-order valence-electron chi connectivity index (χ4n) is 3.36. The largest absolute Gasteiger partial charge is 0.480 e. The second-order valence-electron chi connectivity index (χ2n) is 7.50. The van der Waals surface area contributed by atoms with E-state index in [1.807, 2.05) is 30.3 Å². The number of aromatic nitrogens is 1. The first-order valence-electron chi connectivity index (χ1n) is 10.0. The molecule has 0 aliphatic carbocycles. The number of H-pyrrole nitrogens is 1. The van der Waals surface area contributed by atoms with Crippen LogP contribution in [0.2, 0.25) is 0 Å². The summed E-state index contributed by atoms with van der Waals surface area (Å²) >= 11 is 0. The van der Waals surface area contributed by atoms with Crippen LogP contribution in [0.3, 0.4) is 0 Å². The number of fused-ring (bicyclic) bond motifs is 1. The van der Waals surface area contributed by atoms with Crippen molar-refractivity contribution in [3.63, 3.8) is 0 Å². The third-order valence-corrected chi connectivity index (χ3v) is 5.04. The maximum atomic E-state index is 13.0. The molecule has 6 N–H and O–H groups in total. The van der Waals surface area contributed by atoms with E-state index in [2.05, 4.69) is 15.6 Å². The van der Waals surface area contributed by atoms with Crippen LogP contribution in [0.25, 0.3) is 10.9 Å². The van der Waals surface area contributed by atoms with Crippen molar-refractivity contribution in [3.8, 4) is 0 Å². The van der Waals surface area contributed by atoms with Gasteiger partial charge in [0.15, 0.2) is 0 Å². The summed E-state index contributed by atoms with van der Waals surface area (Å²) in [7, 11) is 0. The van der Waals surface area contributed by atoms with E-state index in [-0.39, 0.29) is 12.8 Å². The van der Waals surface area contributed by atoms with E-state index in [1.54, 1.807) is 30.5 Å². The molecule has 2 aromatic carbocycles. The molecule has 31 heavy (non-hydrogen) atoms. The number of hydrogen-bond donors (Lipinski definition) is 5. The fourth-order valence-corrected chi connectivity index (χ4v) is 3.36. The molecule has 0 spiro atoms. The summed E-state index contributed by atoms with van der Waals surface area (Å²) in [6.07, 6.45) is 2.09. The highest BCUT2D eigenvalue weighted by atomic mass is 16.4. The zero-order chi connectivity index (χ0) is 22.4. The Kier molecular flexibility index (Phi) is 7.04. The Morgan fingerprint density at radius 3 is 2.26 bits per heavy atom. The second-order valence-corrected chi connectivity index (χ2v) is 7.50. The number of rotatable bonds is 9. The number of para-hydroxylation sites is 1. The molecule has 0 unspecified atom stereocenters. The minimum Gasteiger partial charge on any atom is -0.480 e. The van der Waals surface area contributed by atoms with Gasteiger partial charge in [0.2, 0.25) is 11.8 Å². The van der Waals surface area contributed by atoms with Crippen molar-refractivity contribution < 1.29 is 19.5 Å². The van der Waals surface area contributed by atoms with Gasteiger partial charge in [-0.15, -0.1) is 0 Å². The number of carboxylic acids is 1. The van der Waals surface area contributed by atoms with Gasteiger partial charge in [0.1, 0.15) is 12.1 Å². The van der Waals surface area contributed by atoms with E-state index in [0.29, 0.717) is 0 Å². The SMILES string of the molecule is C[C@H](N)C(=O)N[C@@H](Cc1c[nH]c2ccccc12)C(=O)N[C@@H](Cc1ccccc1)C(=O)O. The molecule has 1 heterocycles. The lowest BCUT2D eigenvalue weighted by atomic mass is 10.0. The zero-order valence-corrected chi connectivity index (χ0v) is 17.2. The number of carbonyl (C=O) groups excluding carboxylic acids is 2. The second kappa shape index (κ2) is 9.90. The van der Waals surface area contributed by atoms with Gasteiger partial charge in [0, 0.05) is 29.9 Å². The summed E-state index contributed by atoms with van der Waals surface area (Å²) in [5.41, 5.74) is 8.17. The number of aliphatic carboxylic acids is 1. The molecule has 8 nitrogen and oxygen atoms in total. The van der Waals surface area contributed by atoms with E-state index in [1.165, 1.54) is 6.92 Å². The first kappa shape index (κ1) is 22.0. The molecule has 162 valence electrons. The highest BCUT2D eigenvalue weighted by Gasteiger charge is 2.28. The summed E-state index contributed by atoms with van der Waals surface area (Å²) < 4.78 is 0. The molecule has 0 aliphatic heterocycles. The van der Waals surface area contributed by atoms with Crippen LogP contribution < -0.4 is 16.4 Å². The van der Waals surface area contributed by atoms with Crippen LogP contribution in [0, 0.1) is 0 Å². The molecule has 0 aliphatic rings. The van der Waals surface area contributed by atoms with Gasteiger partial charge in [-0.25, -0.2) is 4.79 Å². The van der Waals surface area contributed by atoms with Crippen LogP contribution in [0.4, 0.5) is 0 Å². The standard InChI is InChI=1S/C23H26N4O4/c1-14(24)21(28)26-19(12-16-13-25-18-10-6-5-9-17(16)18)22(29)27-20(23(30)31)11-15-7-3-2-4-8-15/h2-10,13-14,19-20,25H,11-12,24H2,1H3,(H,26,28)(H,27,29)(H,30,31)/t14-,19-,20-/m0/s1. The predicted molar refractivity (Wildman–Crippen MR) is 117 cm³/mol. The molecule has 3 rings (SSSR count). The average molecular weight is 422 g/mol. The maximum Gasteiger partial charge on any atom is 0.326 e. The highest BCUT2D eigenvalue weighted by Crippen LogP contribution is 2.19. The van der Waals surface area contributed by atoms with Gasteiger partial charge < -0.3 is 26.5 Å². The Bertz CT molecular complexity index is 1060. The molecule has 2 amide bonds. The summed E-state index contributed by atoms with van der Waals surface area (Å²) in [5.74, 6) is -2.22. The van der Waals surface area contributed by atoms with Gasteiger partial charge in [0.25, 0.3) is 0 Å².